The summed E-state index contributed by atoms with van der Waals surface area (Å²) >= 11 is 0. The minimum absolute atomic E-state index is 0.0813. The van der Waals surface area contributed by atoms with Crippen molar-refractivity contribution >= 4 is 11.8 Å². The normalized spacial score (nSPS) is 18.0. The molecule has 1 heterocycles. The van der Waals surface area contributed by atoms with Gasteiger partial charge in [0.15, 0.2) is 5.84 Å². The lowest BCUT2D eigenvalue weighted by molar-refractivity contribution is -0.139. The monoisotopic (exact) mass is 303 g/mol. The average Bonchev–Trinajstić information content (AvgIpc) is 2.45. The van der Waals surface area contributed by atoms with Gasteiger partial charge in [-0.1, -0.05) is 5.16 Å². The van der Waals surface area contributed by atoms with Crippen molar-refractivity contribution in [2.45, 2.75) is 19.4 Å². The lowest BCUT2D eigenvalue weighted by Gasteiger charge is -2.33. The molecule has 0 aliphatic carbocycles. The zero-order valence-corrected chi connectivity index (χ0v) is 13.0. The lowest BCUT2D eigenvalue weighted by Crippen LogP contribution is -2.46. The summed E-state index contributed by atoms with van der Waals surface area (Å²) in [5.41, 5.74) is 0. The van der Waals surface area contributed by atoms with Crippen LogP contribution in [-0.4, -0.2) is 76.6 Å². The first-order valence-electron chi connectivity index (χ1n) is 7.03. The minimum atomic E-state index is -0.322. The van der Waals surface area contributed by atoms with E-state index in [1.165, 1.54) is 14.2 Å². The van der Waals surface area contributed by atoms with Gasteiger partial charge in [0.05, 0.1) is 26.3 Å². The maximum Gasteiger partial charge on any atom is 0.319 e. The Morgan fingerprint density at radius 1 is 1.43 bits per heavy atom. The summed E-state index contributed by atoms with van der Waals surface area (Å²) in [7, 11) is 2.89. The highest BCUT2D eigenvalue weighted by molar-refractivity contribution is 5.84. The number of carbonyl (C=O) groups is 1. The lowest BCUT2D eigenvalue weighted by atomic mass is 10.2. The number of esters is 1. The van der Waals surface area contributed by atoms with Crippen LogP contribution in [0.25, 0.3) is 0 Å². The van der Waals surface area contributed by atoms with Gasteiger partial charge in [-0.15, -0.1) is 0 Å². The van der Waals surface area contributed by atoms with E-state index in [9.17, 15) is 4.79 Å². The van der Waals surface area contributed by atoms with E-state index in [2.05, 4.69) is 20.1 Å². The summed E-state index contributed by atoms with van der Waals surface area (Å²) in [5.74, 6) is 0.381. The van der Waals surface area contributed by atoms with Crippen molar-refractivity contribution in [3.05, 3.63) is 0 Å². The van der Waals surface area contributed by atoms with E-state index in [0.29, 0.717) is 12.4 Å². The van der Waals surface area contributed by atoms with E-state index >= 15 is 0 Å². The summed E-state index contributed by atoms with van der Waals surface area (Å²) in [6.45, 7) is 4.98. The zero-order valence-electron chi connectivity index (χ0n) is 13.0. The van der Waals surface area contributed by atoms with E-state index < -0.39 is 0 Å². The summed E-state index contributed by atoms with van der Waals surface area (Å²) in [4.78, 5) is 18.2. The highest BCUT2D eigenvalue weighted by Crippen LogP contribution is 2.12. The van der Waals surface area contributed by atoms with Crippen LogP contribution in [0.1, 0.15) is 13.3 Å². The number of oxime groups is 1. The van der Waals surface area contributed by atoms with Crippen LogP contribution in [0, 0.1) is 0 Å². The summed E-state index contributed by atoms with van der Waals surface area (Å²) in [6, 6.07) is 0. The van der Waals surface area contributed by atoms with Crippen molar-refractivity contribution < 1.29 is 23.8 Å². The van der Waals surface area contributed by atoms with Crippen molar-refractivity contribution in [1.29, 1.82) is 0 Å². The summed E-state index contributed by atoms with van der Waals surface area (Å²) < 4.78 is 14.8. The smallest absolute Gasteiger partial charge is 0.319 e. The van der Waals surface area contributed by atoms with E-state index in [1.807, 2.05) is 6.92 Å². The molecule has 1 rings (SSSR count). The van der Waals surface area contributed by atoms with Gasteiger partial charge in [0.2, 0.25) is 6.79 Å². The molecule has 1 aliphatic rings. The number of carbonyl (C=O) groups excluding carboxylic acids is 1. The summed E-state index contributed by atoms with van der Waals surface area (Å²) in [6.07, 6.45) is 1.29. The van der Waals surface area contributed by atoms with Crippen molar-refractivity contribution in [1.82, 2.24) is 10.2 Å². The first-order chi connectivity index (χ1) is 10.2. The predicted octanol–water partition coefficient (Wildman–Crippen LogP) is -0.206. The van der Waals surface area contributed by atoms with Crippen molar-refractivity contribution in [2.24, 2.45) is 5.16 Å². The van der Waals surface area contributed by atoms with E-state index in [0.717, 1.165) is 26.1 Å². The van der Waals surface area contributed by atoms with Gasteiger partial charge in [-0.2, -0.15) is 0 Å². The Balaban J connectivity index is 2.51. The summed E-state index contributed by atoms with van der Waals surface area (Å²) in [5, 5.41) is 7.04. The maximum atomic E-state index is 11.1. The van der Waals surface area contributed by atoms with Crippen LogP contribution in [0.15, 0.2) is 5.16 Å². The Morgan fingerprint density at radius 3 is 2.71 bits per heavy atom. The highest BCUT2D eigenvalue weighted by atomic mass is 16.7. The Morgan fingerprint density at radius 2 is 2.19 bits per heavy atom. The molecular weight excluding hydrogens is 278 g/mol. The average molecular weight is 303 g/mol. The first kappa shape index (κ1) is 17.7. The number of ether oxygens (including phenoxy) is 3. The third kappa shape index (κ3) is 6.74. The molecule has 8 heteroatoms. The third-order valence-electron chi connectivity index (χ3n) is 3.08. The molecule has 0 saturated carbocycles. The maximum absolute atomic E-state index is 11.1. The van der Waals surface area contributed by atoms with Crippen LogP contribution in [0.4, 0.5) is 0 Å². The van der Waals surface area contributed by atoms with Crippen LogP contribution in [-0.2, 0) is 23.8 Å². The molecule has 1 fully saturated rings. The molecule has 1 atom stereocenters. The van der Waals surface area contributed by atoms with Gasteiger partial charge in [-0.25, -0.2) is 0 Å². The fraction of sp³-hybridized carbons (Fsp3) is 0.846. The topological polar surface area (TPSA) is 81.6 Å². The van der Waals surface area contributed by atoms with Crippen LogP contribution < -0.4 is 5.32 Å². The molecule has 0 amide bonds. The van der Waals surface area contributed by atoms with Crippen LogP contribution in [0.3, 0.4) is 0 Å². The number of nitrogens with zero attached hydrogens (tertiary/aromatic N) is 2. The van der Waals surface area contributed by atoms with Crippen molar-refractivity contribution in [3.8, 4) is 0 Å². The number of amidine groups is 1. The molecule has 0 radical (unpaired) electrons. The van der Waals surface area contributed by atoms with Crippen LogP contribution in [0.5, 0.6) is 0 Å². The Bertz CT molecular complexity index is 334. The molecule has 0 unspecified atom stereocenters. The van der Waals surface area contributed by atoms with Crippen molar-refractivity contribution in [3.63, 3.8) is 0 Å². The molecule has 8 nitrogen and oxygen atoms in total. The van der Waals surface area contributed by atoms with Gasteiger partial charge >= 0.3 is 5.97 Å². The number of nitrogens with one attached hydrogen (secondary N) is 1. The van der Waals surface area contributed by atoms with Gasteiger partial charge in [-0.3, -0.25) is 10.1 Å². The van der Waals surface area contributed by atoms with Gasteiger partial charge in [0.1, 0.15) is 0 Å². The number of hydrogen-bond acceptors (Lipinski definition) is 7. The van der Waals surface area contributed by atoms with E-state index in [4.69, 9.17) is 14.3 Å². The molecule has 0 aromatic heterocycles. The molecule has 0 aromatic carbocycles. The Labute approximate surface area is 125 Å². The molecule has 0 bridgehead atoms. The molecule has 21 heavy (non-hydrogen) atoms. The third-order valence-corrected chi connectivity index (χ3v) is 3.08. The first-order valence-corrected chi connectivity index (χ1v) is 7.03. The van der Waals surface area contributed by atoms with Gasteiger partial charge in [0.25, 0.3) is 0 Å². The second kappa shape index (κ2) is 10.4. The minimum Gasteiger partial charge on any atom is -0.468 e. The van der Waals surface area contributed by atoms with Gasteiger partial charge in [-0.05, 0) is 13.3 Å². The quantitative estimate of drug-likeness (QED) is 0.149. The number of likely N-dealkylation sites (N-methyl/N-ethyl adjacent to an activating group) is 1. The second-order valence-electron chi connectivity index (χ2n) is 4.54. The number of hydrogen-bond donors (Lipinski definition) is 1. The van der Waals surface area contributed by atoms with Gasteiger partial charge in [0, 0.05) is 26.8 Å². The van der Waals surface area contributed by atoms with E-state index in [-0.39, 0.29) is 25.4 Å². The second-order valence-corrected chi connectivity index (χ2v) is 4.54. The van der Waals surface area contributed by atoms with Crippen LogP contribution >= 0.6 is 0 Å². The number of methoxy groups -OCH3 is 2. The predicted molar refractivity (Wildman–Crippen MR) is 76.9 cm³/mol. The van der Waals surface area contributed by atoms with Crippen LogP contribution in [0.2, 0.25) is 0 Å². The fourth-order valence-electron chi connectivity index (χ4n) is 1.80. The zero-order chi connectivity index (χ0) is 15.5. The molecular formula is C13H25N3O5. The molecule has 1 saturated heterocycles. The number of rotatable bonds is 10. The Kier molecular flexibility index (Phi) is 8.72. The Hall–Kier alpha value is -1.38. The van der Waals surface area contributed by atoms with Gasteiger partial charge < -0.3 is 23.9 Å². The van der Waals surface area contributed by atoms with E-state index in [1.54, 1.807) is 0 Å². The standard InChI is InChI=1S/C13H25N3O5/c1-4-16(9-11-5-6-20-11)12(15-21-10-18-2)7-14-8-13(17)19-3/h11,14H,4-10H2,1-3H3/b15-12-/t11-/m0/s1. The van der Waals surface area contributed by atoms with Crippen molar-refractivity contribution in [2.75, 3.05) is 53.8 Å². The largest absolute Gasteiger partial charge is 0.468 e. The molecule has 1 N–H and O–H groups in total. The molecule has 0 spiro atoms. The molecule has 1 aliphatic heterocycles. The SMILES string of the molecule is CCN(C[C@@H]1CCO1)/C(CNCC(=O)OC)=N\OCOC. The fourth-order valence-corrected chi connectivity index (χ4v) is 1.80. The highest BCUT2D eigenvalue weighted by Gasteiger charge is 2.23. The molecule has 122 valence electrons. The molecule has 0 aromatic rings.